The number of nitrogens with zero attached hydrogens (tertiary/aromatic N) is 1. The van der Waals surface area contributed by atoms with Crippen LogP contribution in [0, 0.1) is 12.3 Å². The van der Waals surface area contributed by atoms with Gasteiger partial charge in [0.05, 0.1) is 0 Å². The van der Waals surface area contributed by atoms with E-state index in [1.54, 1.807) is 24.3 Å². The molecule has 0 fully saturated rings. The lowest BCUT2D eigenvalue weighted by Gasteiger charge is -2.24. The van der Waals surface area contributed by atoms with Gasteiger partial charge < -0.3 is 26.0 Å². The van der Waals surface area contributed by atoms with Gasteiger partial charge in [-0.2, -0.15) is 5.06 Å². The Bertz CT molecular complexity index is 909. The molecule has 0 aromatic heterocycles. The van der Waals surface area contributed by atoms with E-state index < -0.39 is 48.9 Å². The number of unbranched alkanes of at least 4 members (excludes halogenated alkanes) is 1. The summed E-state index contributed by atoms with van der Waals surface area (Å²) in [5.41, 5.74) is 1.02. The van der Waals surface area contributed by atoms with Crippen molar-refractivity contribution in [2.75, 3.05) is 6.54 Å². The van der Waals surface area contributed by atoms with Crippen LogP contribution in [-0.4, -0.2) is 74.1 Å². The predicted octanol–water partition coefficient (Wildman–Crippen LogP) is 0.740. The van der Waals surface area contributed by atoms with E-state index in [0.717, 1.165) is 0 Å². The van der Waals surface area contributed by atoms with Gasteiger partial charge in [0.25, 0.3) is 5.91 Å². The van der Waals surface area contributed by atoms with Gasteiger partial charge in [-0.1, -0.05) is 5.92 Å². The van der Waals surface area contributed by atoms with E-state index in [9.17, 15) is 34.3 Å². The van der Waals surface area contributed by atoms with Crippen molar-refractivity contribution < 1.29 is 44.5 Å². The molecule has 0 heterocycles. The zero-order valence-corrected chi connectivity index (χ0v) is 17.6. The normalized spacial score (nSPS) is 12.0. The fourth-order valence-corrected chi connectivity index (χ4v) is 2.72. The number of carbonyl (C=O) groups excluding carboxylic acids is 2. The Morgan fingerprint density at radius 1 is 0.970 bits per heavy atom. The largest absolute Gasteiger partial charge is 0.481 e. The van der Waals surface area contributed by atoms with Crippen LogP contribution in [0.25, 0.3) is 0 Å². The number of hydroxylamine groups is 2. The minimum atomic E-state index is -1.68. The summed E-state index contributed by atoms with van der Waals surface area (Å²) in [6, 6.07) is 1.67. The number of hydrogen-bond donors (Lipinski definition) is 6. The molecule has 0 aliphatic rings. The van der Waals surface area contributed by atoms with Gasteiger partial charge in [0.1, 0.15) is 6.04 Å². The Morgan fingerprint density at radius 3 is 2.12 bits per heavy atom. The lowest BCUT2D eigenvalue weighted by molar-refractivity contribution is -0.157. The van der Waals surface area contributed by atoms with Gasteiger partial charge >= 0.3 is 23.9 Å². The van der Waals surface area contributed by atoms with Crippen LogP contribution < -0.4 is 10.6 Å². The summed E-state index contributed by atoms with van der Waals surface area (Å²) in [6.45, 7) is 0.204. The van der Waals surface area contributed by atoms with Crippen molar-refractivity contribution in [3.63, 3.8) is 0 Å². The lowest BCUT2D eigenvalue weighted by Crippen LogP contribution is -2.52. The monoisotopic (exact) mass is 463 g/mol. The second-order valence-electron chi connectivity index (χ2n) is 6.94. The van der Waals surface area contributed by atoms with Crippen molar-refractivity contribution >= 4 is 29.8 Å². The molecule has 0 aliphatic heterocycles. The second kappa shape index (κ2) is 13.3. The highest BCUT2D eigenvalue weighted by molar-refractivity contribution is 5.94. The Morgan fingerprint density at radius 2 is 1.61 bits per heavy atom. The van der Waals surface area contributed by atoms with Crippen LogP contribution in [0.15, 0.2) is 24.3 Å². The summed E-state index contributed by atoms with van der Waals surface area (Å²) in [6.07, 6.45) is 4.61. The highest BCUT2D eigenvalue weighted by atomic mass is 16.5. The Kier molecular flexibility index (Phi) is 10.9. The molecule has 0 saturated carbocycles. The van der Waals surface area contributed by atoms with Gasteiger partial charge in [0, 0.05) is 24.1 Å². The molecule has 1 rings (SSSR count). The molecule has 0 spiro atoms. The Labute approximate surface area is 189 Å². The fraction of sp³-hybridized carbons (Fsp3) is 0.381. The van der Waals surface area contributed by atoms with E-state index in [0.29, 0.717) is 17.5 Å². The molecule has 2 atom stereocenters. The predicted molar refractivity (Wildman–Crippen MR) is 112 cm³/mol. The highest BCUT2D eigenvalue weighted by Crippen LogP contribution is 2.10. The number of terminal acetylenes is 1. The van der Waals surface area contributed by atoms with Gasteiger partial charge in [-0.15, -0.1) is 6.42 Å². The number of carbonyl (C=O) groups is 5. The number of rotatable bonds is 13. The zero-order valence-electron chi connectivity index (χ0n) is 17.6. The van der Waals surface area contributed by atoms with E-state index in [-0.39, 0.29) is 30.4 Å². The average Bonchev–Trinajstić information content (AvgIpc) is 2.77. The van der Waals surface area contributed by atoms with Crippen LogP contribution in [0.5, 0.6) is 0 Å². The number of urea groups is 1. The molecule has 33 heavy (non-hydrogen) atoms. The molecule has 178 valence electrons. The summed E-state index contributed by atoms with van der Waals surface area (Å²) in [7, 11) is 0. The molecule has 6 N–H and O–H groups in total. The first-order chi connectivity index (χ1) is 15.6. The number of benzene rings is 1. The third-order valence-corrected chi connectivity index (χ3v) is 4.53. The fourth-order valence-electron chi connectivity index (χ4n) is 2.72. The molecule has 12 nitrogen and oxygen atoms in total. The first kappa shape index (κ1) is 26.9. The van der Waals surface area contributed by atoms with Crippen LogP contribution in [-0.2, 0) is 14.4 Å². The molecule has 1 unspecified atom stereocenters. The third-order valence-electron chi connectivity index (χ3n) is 4.53. The molecule has 0 radical (unpaired) electrons. The summed E-state index contributed by atoms with van der Waals surface area (Å²) in [4.78, 5) is 57.3. The number of aliphatic carboxylic acids is 3. The quantitative estimate of drug-likeness (QED) is 0.106. The minimum absolute atomic E-state index is 0.134. The van der Waals surface area contributed by atoms with Crippen molar-refractivity contribution in [3.05, 3.63) is 35.4 Å². The number of carboxylic acid groups (broad SMARTS) is 3. The third kappa shape index (κ3) is 9.28. The van der Waals surface area contributed by atoms with Crippen LogP contribution in [0.2, 0.25) is 0 Å². The standard InChI is InChI=1S/C21H25N3O9/c1-2-13-6-8-14(9-7-13)18(27)22-12-4-3-5-16(20(30)31)24(33)21(32)23-15(19(28)29)10-11-17(25)26/h1,6-9,15-16,33H,3-5,10-12H2,(H,22,27)(H,23,32)(H,25,26)(H,28,29)(H,30,31)/t15?,16-/m0/s1. The topological polar surface area (TPSA) is 194 Å². The molecule has 0 saturated heterocycles. The van der Waals surface area contributed by atoms with E-state index in [1.165, 1.54) is 0 Å². The molecule has 0 aliphatic carbocycles. The minimum Gasteiger partial charge on any atom is -0.481 e. The van der Waals surface area contributed by atoms with Gasteiger partial charge in [0.2, 0.25) is 0 Å². The maximum absolute atomic E-state index is 12.1. The molecule has 12 heteroatoms. The molecule has 0 bridgehead atoms. The van der Waals surface area contributed by atoms with Crippen molar-refractivity contribution in [2.45, 2.75) is 44.2 Å². The van der Waals surface area contributed by atoms with Gasteiger partial charge in [0.15, 0.2) is 6.04 Å². The Hall–Kier alpha value is -4.11. The van der Waals surface area contributed by atoms with E-state index in [4.69, 9.17) is 16.6 Å². The van der Waals surface area contributed by atoms with Crippen molar-refractivity contribution in [3.8, 4) is 12.3 Å². The first-order valence-corrected chi connectivity index (χ1v) is 9.87. The zero-order chi connectivity index (χ0) is 25.0. The number of amides is 3. The number of hydrogen-bond acceptors (Lipinski definition) is 6. The van der Waals surface area contributed by atoms with E-state index >= 15 is 0 Å². The maximum Gasteiger partial charge on any atom is 0.342 e. The summed E-state index contributed by atoms with van der Waals surface area (Å²) in [5, 5.41) is 41.3. The van der Waals surface area contributed by atoms with Crippen LogP contribution in [0.3, 0.4) is 0 Å². The summed E-state index contributed by atoms with van der Waals surface area (Å²) < 4.78 is 0. The van der Waals surface area contributed by atoms with Crippen molar-refractivity contribution in [1.29, 1.82) is 0 Å². The highest BCUT2D eigenvalue weighted by Gasteiger charge is 2.31. The van der Waals surface area contributed by atoms with Gasteiger partial charge in [-0.3, -0.25) is 14.8 Å². The molecular weight excluding hydrogens is 438 g/mol. The Balaban J connectivity index is 2.52. The van der Waals surface area contributed by atoms with Gasteiger partial charge in [-0.05, 0) is 49.9 Å². The van der Waals surface area contributed by atoms with Crippen molar-refractivity contribution in [2.24, 2.45) is 0 Å². The molecule has 1 aromatic rings. The van der Waals surface area contributed by atoms with Gasteiger partial charge in [-0.25, -0.2) is 14.4 Å². The number of nitrogens with one attached hydrogen (secondary N) is 2. The first-order valence-electron chi connectivity index (χ1n) is 9.87. The van der Waals surface area contributed by atoms with Crippen LogP contribution in [0.1, 0.15) is 48.0 Å². The SMILES string of the molecule is C#Cc1ccc(C(=O)NCCCC[C@@H](C(=O)O)N(O)C(=O)NC(CCC(=O)O)C(=O)O)cc1. The van der Waals surface area contributed by atoms with E-state index in [2.05, 4.69) is 11.2 Å². The molecular formula is C21H25N3O9. The average molecular weight is 463 g/mol. The van der Waals surface area contributed by atoms with Crippen molar-refractivity contribution in [1.82, 2.24) is 15.7 Å². The maximum atomic E-state index is 12.1. The smallest absolute Gasteiger partial charge is 0.342 e. The molecule has 3 amide bonds. The summed E-state index contributed by atoms with van der Waals surface area (Å²) in [5.74, 6) is -2.26. The van der Waals surface area contributed by atoms with Crippen LogP contribution in [0.4, 0.5) is 4.79 Å². The lowest BCUT2D eigenvalue weighted by atomic mass is 10.1. The van der Waals surface area contributed by atoms with Crippen LogP contribution >= 0.6 is 0 Å². The number of carboxylic acids is 3. The van der Waals surface area contributed by atoms with E-state index in [1.807, 2.05) is 5.32 Å². The summed E-state index contributed by atoms with van der Waals surface area (Å²) >= 11 is 0. The molecule has 1 aromatic carbocycles. The second-order valence-corrected chi connectivity index (χ2v) is 6.94.